The van der Waals surface area contributed by atoms with Crippen LogP contribution in [0.2, 0.25) is 5.02 Å². The molecule has 1 unspecified atom stereocenters. The minimum Gasteiger partial charge on any atom is -0.324 e. The number of nitrogens with zero attached hydrogens (tertiary/aromatic N) is 1. The maximum Gasteiger partial charge on any atom is 0.255 e. The van der Waals surface area contributed by atoms with Crippen LogP contribution in [0.1, 0.15) is 26.8 Å². The lowest BCUT2D eigenvalue weighted by Crippen LogP contribution is -2.38. The molecule has 27 heavy (non-hydrogen) atoms. The molecule has 136 valence electrons. The highest BCUT2D eigenvalue weighted by molar-refractivity contribution is 9.10. The van der Waals surface area contributed by atoms with Gasteiger partial charge < -0.3 is 10.2 Å². The fourth-order valence-corrected chi connectivity index (χ4v) is 4.63. The standard InChI is InChI=1S/C20H14BrClN2O2S/c21-13-6-7-16-15(10-13)19(17-5-2-8-27-17)24(11-18(25)23-16)20(26)12-3-1-4-14(22)9-12/h1-10,19H,11H2,(H,23,25). The molecule has 0 spiro atoms. The SMILES string of the molecule is O=C1CN(C(=O)c2cccc(Cl)c2)C(c2cccs2)c2cc(Br)ccc2N1. The summed E-state index contributed by atoms with van der Waals surface area (Å²) in [5, 5.41) is 5.36. The maximum absolute atomic E-state index is 13.3. The number of rotatable bonds is 2. The zero-order valence-electron chi connectivity index (χ0n) is 14.0. The summed E-state index contributed by atoms with van der Waals surface area (Å²) >= 11 is 11.1. The summed E-state index contributed by atoms with van der Waals surface area (Å²) in [6.45, 7) is -0.0415. The Morgan fingerprint density at radius 2 is 2.04 bits per heavy atom. The molecule has 1 aliphatic heterocycles. The van der Waals surface area contributed by atoms with E-state index in [9.17, 15) is 9.59 Å². The van der Waals surface area contributed by atoms with Crippen LogP contribution in [0, 0.1) is 0 Å². The molecule has 1 atom stereocenters. The van der Waals surface area contributed by atoms with Crippen LogP contribution in [0.5, 0.6) is 0 Å². The molecule has 0 saturated heterocycles. The van der Waals surface area contributed by atoms with Gasteiger partial charge in [0.25, 0.3) is 5.91 Å². The van der Waals surface area contributed by atoms with Gasteiger partial charge in [-0.3, -0.25) is 9.59 Å². The van der Waals surface area contributed by atoms with E-state index in [2.05, 4.69) is 21.2 Å². The predicted octanol–water partition coefficient (Wildman–Crippen LogP) is 5.35. The summed E-state index contributed by atoms with van der Waals surface area (Å²) in [5.41, 5.74) is 2.03. The molecule has 0 aliphatic carbocycles. The number of carbonyl (C=O) groups excluding carboxylic acids is 2. The number of fused-ring (bicyclic) bond motifs is 1. The summed E-state index contributed by atoms with van der Waals surface area (Å²) in [7, 11) is 0. The monoisotopic (exact) mass is 460 g/mol. The van der Waals surface area contributed by atoms with Crippen molar-refractivity contribution in [1.82, 2.24) is 4.90 Å². The van der Waals surface area contributed by atoms with Crippen LogP contribution in [-0.4, -0.2) is 23.3 Å². The van der Waals surface area contributed by atoms with Crippen LogP contribution < -0.4 is 5.32 Å². The van der Waals surface area contributed by atoms with Crippen molar-refractivity contribution in [3.05, 3.63) is 85.5 Å². The second-order valence-electron chi connectivity index (χ2n) is 6.14. The van der Waals surface area contributed by atoms with Gasteiger partial charge in [-0.05, 0) is 47.8 Å². The Morgan fingerprint density at radius 1 is 1.19 bits per heavy atom. The fraction of sp³-hybridized carbons (Fsp3) is 0.100. The summed E-state index contributed by atoms with van der Waals surface area (Å²) in [6.07, 6.45) is 0. The van der Waals surface area contributed by atoms with Gasteiger partial charge in [0, 0.05) is 31.2 Å². The van der Waals surface area contributed by atoms with Crippen LogP contribution >= 0.6 is 38.9 Å². The summed E-state index contributed by atoms with van der Waals surface area (Å²) < 4.78 is 0.883. The second-order valence-corrected chi connectivity index (χ2v) is 8.47. The number of nitrogens with one attached hydrogen (secondary N) is 1. The van der Waals surface area contributed by atoms with Gasteiger partial charge in [0.1, 0.15) is 6.54 Å². The van der Waals surface area contributed by atoms with E-state index in [4.69, 9.17) is 11.6 Å². The van der Waals surface area contributed by atoms with Crippen molar-refractivity contribution in [3.8, 4) is 0 Å². The van der Waals surface area contributed by atoms with Crippen molar-refractivity contribution in [2.45, 2.75) is 6.04 Å². The Bertz CT molecular complexity index is 1020. The third-order valence-electron chi connectivity index (χ3n) is 4.35. The lowest BCUT2D eigenvalue weighted by atomic mass is 10.0. The second kappa shape index (κ2) is 7.46. The number of amides is 2. The number of carbonyl (C=O) groups is 2. The Morgan fingerprint density at radius 3 is 2.78 bits per heavy atom. The Hall–Kier alpha value is -2.15. The van der Waals surface area contributed by atoms with E-state index in [0.717, 1.165) is 14.9 Å². The number of hydrogen-bond acceptors (Lipinski definition) is 3. The molecular weight excluding hydrogens is 448 g/mol. The van der Waals surface area contributed by atoms with Gasteiger partial charge in [-0.25, -0.2) is 0 Å². The van der Waals surface area contributed by atoms with Crippen molar-refractivity contribution in [1.29, 1.82) is 0 Å². The van der Waals surface area contributed by atoms with Gasteiger partial charge in [0.2, 0.25) is 5.91 Å². The number of benzene rings is 2. The highest BCUT2D eigenvalue weighted by Crippen LogP contribution is 2.39. The van der Waals surface area contributed by atoms with E-state index >= 15 is 0 Å². The Labute approximate surface area is 173 Å². The van der Waals surface area contributed by atoms with Gasteiger partial charge in [0.05, 0.1) is 6.04 Å². The van der Waals surface area contributed by atoms with Gasteiger partial charge in [-0.1, -0.05) is 39.7 Å². The van der Waals surface area contributed by atoms with Crippen molar-refractivity contribution < 1.29 is 9.59 Å². The first-order chi connectivity index (χ1) is 13.0. The van der Waals surface area contributed by atoms with Gasteiger partial charge in [-0.2, -0.15) is 0 Å². The lowest BCUT2D eigenvalue weighted by Gasteiger charge is -2.29. The first-order valence-corrected chi connectivity index (χ1v) is 10.3. The molecule has 7 heteroatoms. The number of halogens is 2. The quantitative estimate of drug-likeness (QED) is 0.559. The fourth-order valence-electron chi connectivity index (χ4n) is 3.21. The molecule has 2 amide bonds. The summed E-state index contributed by atoms with van der Waals surface area (Å²) in [5.74, 6) is -0.466. The number of anilines is 1. The minimum absolute atomic E-state index is 0.0415. The largest absolute Gasteiger partial charge is 0.324 e. The molecule has 3 aromatic rings. The average Bonchev–Trinajstić information content (AvgIpc) is 3.12. The van der Waals surface area contributed by atoms with E-state index < -0.39 is 0 Å². The third-order valence-corrected chi connectivity index (χ3v) is 6.01. The molecule has 1 aliphatic rings. The van der Waals surface area contributed by atoms with Gasteiger partial charge in [0.15, 0.2) is 0 Å². The molecule has 0 radical (unpaired) electrons. The zero-order chi connectivity index (χ0) is 19.0. The van der Waals surface area contributed by atoms with Crippen LogP contribution in [0.3, 0.4) is 0 Å². The molecule has 4 nitrogen and oxygen atoms in total. The number of hydrogen-bond donors (Lipinski definition) is 1. The zero-order valence-corrected chi connectivity index (χ0v) is 17.1. The lowest BCUT2D eigenvalue weighted by molar-refractivity contribution is -0.117. The third kappa shape index (κ3) is 3.65. The number of thiophene rings is 1. The smallest absolute Gasteiger partial charge is 0.255 e. The summed E-state index contributed by atoms with van der Waals surface area (Å²) in [6, 6.07) is 16.0. The molecule has 2 aromatic carbocycles. The van der Waals surface area contributed by atoms with Crippen LogP contribution in [0.15, 0.2) is 64.5 Å². The molecule has 1 N–H and O–H groups in total. The molecule has 0 fully saturated rings. The van der Waals surface area contributed by atoms with Crippen molar-refractivity contribution >= 4 is 56.4 Å². The molecule has 2 heterocycles. The highest BCUT2D eigenvalue weighted by Gasteiger charge is 2.34. The summed E-state index contributed by atoms with van der Waals surface area (Å²) in [4.78, 5) is 28.4. The first kappa shape index (κ1) is 18.2. The van der Waals surface area contributed by atoms with Gasteiger partial charge in [-0.15, -0.1) is 11.3 Å². The van der Waals surface area contributed by atoms with Crippen molar-refractivity contribution in [2.24, 2.45) is 0 Å². The highest BCUT2D eigenvalue weighted by atomic mass is 79.9. The van der Waals surface area contributed by atoms with Crippen LogP contribution in [-0.2, 0) is 4.79 Å². The molecule has 0 bridgehead atoms. The normalized spacial score (nSPS) is 16.4. The average molecular weight is 462 g/mol. The predicted molar refractivity (Wildman–Crippen MR) is 111 cm³/mol. The maximum atomic E-state index is 13.3. The van der Waals surface area contributed by atoms with Crippen molar-refractivity contribution in [2.75, 3.05) is 11.9 Å². The Balaban J connectivity index is 1.88. The van der Waals surface area contributed by atoms with E-state index in [1.165, 1.54) is 0 Å². The van der Waals surface area contributed by atoms with Crippen molar-refractivity contribution in [3.63, 3.8) is 0 Å². The molecular formula is C20H14BrClN2O2S. The Kier molecular flexibility index (Phi) is 5.04. The molecule has 0 saturated carbocycles. The van der Waals surface area contributed by atoms with E-state index in [1.54, 1.807) is 40.5 Å². The van der Waals surface area contributed by atoms with E-state index in [0.29, 0.717) is 16.3 Å². The van der Waals surface area contributed by atoms with E-state index in [1.807, 2.05) is 35.7 Å². The van der Waals surface area contributed by atoms with Crippen LogP contribution in [0.25, 0.3) is 0 Å². The first-order valence-electron chi connectivity index (χ1n) is 8.22. The van der Waals surface area contributed by atoms with Crippen LogP contribution in [0.4, 0.5) is 5.69 Å². The molecule has 1 aromatic heterocycles. The molecule has 4 rings (SSSR count). The topological polar surface area (TPSA) is 49.4 Å². The minimum atomic E-state index is -0.372. The van der Waals surface area contributed by atoms with E-state index in [-0.39, 0.29) is 24.4 Å². The van der Waals surface area contributed by atoms with Gasteiger partial charge >= 0.3 is 0 Å².